The third kappa shape index (κ3) is 3.88. The second-order valence-corrected chi connectivity index (χ2v) is 6.41. The van der Waals surface area contributed by atoms with E-state index in [9.17, 15) is 9.90 Å². The van der Waals surface area contributed by atoms with E-state index in [1.165, 1.54) is 16.3 Å². The van der Waals surface area contributed by atoms with Gasteiger partial charge in [0.05, 0.1) is 18.5 Å². The summed E-state index contributed by atoms with van der Waals surface area (Å²) in [4.78, 5) is 15.2. The van der Waals surface area contributed by atoms with Gasteiger partial charge in [-0.3, -0.25) is 4.79 Å². The third-order valence-corrected chi connectivity index (χ3v) is 4.62. The number of hydrogen-bond donors (Lipinski definition) is 2. The monoisotopic (exact) mass is 337 g/mol. The Balaban J connectivity index is 1.70. The van der Waals surface area contributed by atoms with Crippen LogP contribution in [0.25, 0.3) is 10.8 Å². The Morgan fingerprint density at radius 3 is 2.72 bits per heavy atom. The first kappa shape index (κ1) is 17.2. The summed E-state index contributed by atoms with van der Waals surface area (Å²) in [6, 6.07) is 14.6. The molecular weight excluding hydrogens is 314 g/mol. The van der Waals surface area contributed by atoms with E-state index in [0.29, 0.717) is 0 Å². The zero-order valence-corrected chi connectivity index (χ0v) is 14.3. The van der Waals surface area contributed by atoms with E-state index in [-0.39, 0.29) is 11.7 Å². The van der Waals surface area contributed by atoms with Gasteiger partial charge in [0, 0.05) is 6.20 Å². The number of nitrogens with zero attached hydrogens (tertiary/aromatic N) is 2. The lowest BCUT2D eigenvalue weighted by atomic mass is 9.97. The molecule has 3 N–H and O–H groups in total. The maximum absolute atomic E-state index is 11.2. The number of amides is 1. The molecule has 1 aromatic heterocycles. The molecule has 5 heteroatoms. The standard InChI is InChI=1S/C20H23N3O2/c1-14(24)19(23-12-18(20(21)25)22-13-23)11-5-9-16-8-4-7-15-6-2-3-10-17(15)16/h2-4,6-8,10,12-14,19,24H,5,9,11H2,1H3,(H2,21,25)/t14-,19+/m0/s1. The molecule has 1 amide bonds. The van der Waals surface area contributed by atoms with Gasteiger partial charge >= 0.3 is 0 Å². The number of imidazole rings is 1. The number of carbonyl (C=O) groups is 1. The number of aryl methyl sites for hydroxylation is 1. The van der Waals surface area contributed by atoms with Gasteiger partial charge in [-0.25, -0.2) is 4.98 Å². The van der Waals surface area contributed by atoms with Crippen LogP contribution in [0.5, 0.6) is 0 Å². The van der Waals surface area contributed by atoms with Crippen molar-refractivity contribution in [1.29, 1.82) is 0 Å². The number of primary amides is 1. The third-order valence-electron chi connectivity index (χ3n) is 4.62. The number of rotatable bonds is 7. The van der Waals surface area contributed by atoms with Crippen molar-refractivity contribution < 1.29 is 9.90 Å². The highest BCUT2D eigenvalue weighted by Gasteiger charge is 2.18. The minimum absolute atomic E-state index is 0.129. The van der Waals surface area contributed by atoms with E-state index >= 15 is 0 Å². The molecule has 0 unspecified atom stereocenters. The number of fused-ring (bicyclic) bond motifs is 1. The Morgan fingerprint density at radius 1 is 1.24 bits per heavy atom. The average Bonchev–Trinajstić information content (AvgIpc) is 3.08. The van der Waals surface area contributed by atoms with E-state index in [2.05, 4.69) is 41.4 Å². The molecule has 130 valence electrons. The lowest BCUT2D eigenvalue weighted by Crippen LogP contribution is -2.21. The van der Waals surface area contributed by atoms with Crippen LogP contribution in [-0.2, 0) is 6.42 Å². The van der Waals surface area contributed by atoms with E-state index in [1.54, 1.807) is 24.0 Å². The summed E-state index contributed by atoms with van der Waals surface area (Å²) in [7, 11) is 0. The van der Waals surface area contributed by atoms with E-state index in [1.807, 2.05) is 6.07 Å². The summed E-state index contributed by atoms with van der Waals surface area (Å²) in [6.07, 6.45) is 5.28. The number of aromatic nitrogens is 2. The summed E-state index contributed by atoms with van der Waals surface area (Å²) < 4.78 is 1.79. The molecule has 25 heavy (non-hydrogen) atoms. The van der Waals surface area contributed by atoms with Crippen LogP contribution in [0, 0.1) is 0 Å². The van der Waals surface area contributed by atoms with Crippen LogP contribution in [0.3, 0.4) is 0 Å². The van der Waals surface area contributed by atoms with Gasteiger partial charge in [0.2, 0.25) is 0 Å². The zero-order valence-electron chi connectivity index (χ0n) is 14.3. The molecule has 0 aliphatic carbocycles. The van der Waals surface area contributed by atoms with Gasteiger partial charge in [-0.15, -0.1) is 0 Å². The normalized spacial score (nSPS) is 13.7. The topological polar surface area (TPSA) is 81.1 Å². The molecule has 0 saturated carbocycles. The molecule has 0 fully saturated rings. The van der Waals surface area contributed by atoms with Crippen LogP contribution in [0.2, 0.25) is 0 Å². The number of aliphatic hydroxyl groups excluding tert-OH is 1. The maximum Gasteiger partial charge on any atom is 0.268 e. The highest BCUT2D eigenvalue weighted by atomic mass is 16.3. The lowest BCUT2D eigenvalue weighted by Gasteiger charge is -2.21. The molecule has 2 aromatic carbocycles. The van der Waals surface area contributed by atoms with Crippen molar-refractivity contribution in [3.05, 3.63) is 66.2 Å². The second kappa shape index (κ2) is 7.49. The predicted molar refractivity (Wildman–Crippen MR) is 98.3 cm³/mol. The fourth-order valence-corrected chi connectivity index (χ4v) is 3.30. The first-order valence-corrected chi connectivity index (χ1v) is 8.54. The van der Waals surface area contributed by atoms with Crippen molar-refractivity contribution >= 4 is 16.7 Å². The molecule has 1 heterocycles. The Kier molecular flexibility index (Phi) is 5.14. The zero-order chi connectivity index (χ0) is 17.8. The van der Waals surface area contributed by atoms with Crippen LogP contribution in [0.15, 0.2) is 55.0 Å². The van der Waals surface area contributed by atoms with Crippen molar-refractivity contribution in [2.45, 2.75) is 38.3 Å². The van der Waals surface area contributed by atoms with E-state index < -0.39 is 12.0 Å². The second-order valence-electron chi connectivity index (χ2n) is 6.41. The Labute approximate surface area is 147 Å². The number of nitrogens with two attached hydrogens (primary N) is 1. The molecule has 5 nitrogen and oxygen atoms in total. The summed E-state index contributed by atoms with van der Waals surface area (Å²) in [6.45, 7) is 1.76. The fourth-order valence-electron chi connectivity index (χ4n) is 3.30. The molecule has 0 saturated heterocycles. The summed E-state index contributed by atoms with van der Waals surface area (Å²) >= 11 is 0. The van der Waals surface area contributed by atoms with Gasteiger partial charge in [0.1, 0.15) is 5.69 Å². The van der Waals surface area contributed by atoms with Gasteiger partial charge in [-0.05, 0) is 42.5 Å². The van der Waals surface area contributed by atoms with Crippen molar-refractivity contribution in [3.8, 4) is 0 Å². The summed E-state index contributed by atoms with van der Waals surface area (Å²) in [5.41, 5.74) is 6.79. The molecule has 0 bridgehead atoms. The summed E-state index contributed by atoms with van der Waals surface area (Å²) in [5, 5.41) is 12.6. The van der Waals surface area contributed by atoms with Crippen molar-refractivity contribution in [1.82, 2.24) is 9.55 Å². The quantitative estimate of drug-likeness (QED) is 0.695. The number of carbonyl (C=O) groups excluding carboxylic acids is 1. The molecular formula is C20H23N3O2. The van der Waals surface area contributed by atoms with Crippen LogP contribution in [-0.4, -0.2) is 26.7 Å². The van der Waals surface area contributed by atoms with Crippen molar-refractivity contribution in [2.24, 2.45) is 5.73 Å². The fraction of sp³-hybridized carbons (Fsp3) is 0.300. The molecule has 3 aromatic rings. The maximum atomic E-state index is 11.2. The SMILES string of the molecule is C[C@H](O)[C@@H](CCCc1cccc2ccccc12)n1cnc(C(N)=O)c1. The first-order valence-electron chi connectivity index (χ1n) is 8.54. The minimum Gasteiger partial charge on any atom is -0.391 e. The van der Waals surface area contributed by atoms with E-state index in [4.69, 9.17) is 5.73 Å². The molecule has 3 rings (SSSR count). The highest BCUT2D eigenvalue weighted by molar-refractivity contribution is 5.90. The van der Waals surface area contributed by atoms with Gasteiger partial charge < -0.3 is 15.4 Å². The largest absolute Gasteiger partial charge is 0.391 e. The highest BCUT2D eigenvalue weighted by Crippen LogP contribution is 2.24. The Morgan fingerprint density at radius 2 is 2.00 bits per heavy atom. The Hall–Kier alpha value is -2.66. The van der Waals surface area contributed by atoms with E-state index in [0.717, 1.165) is 19.3 Å². The summed E-state index contributed by atoms with van der Waals surface area (Å²) in [5.74, 6) is -0.557. The molecule has 2 atom stereocenters. The van der Waals surface area contributed by atoms with Crippen molar-refractivity contribution in [3.63, 3.8) is 0 Å². The molecule has 0 aliphatic rings. The molecule has 0 aliphatic heterocycles. The minimum atomic E-state index is -0.557. The van der Waals surface area contributed by atoms with Gasteiger partial charge in [0.15, 0.2) is 0 Å². The smallest absolute Gasteiger partial charge is 0.268 e. The van der Waals surface area contributed by atoms with Crippen LogP contribution >= 0.6 is 0 Å². The number of benzene rings is 2. The lowest BCUT2D eigenvalue weighted by molar-refractivity contribution is 0.0994. The van der Waals surface area contributed by atoms with Crippen LogP contribution in [0.4, 0.5) is 0 Å². The predicted octanol–water partition coefficient (Wildman–Crippen LogP) is 3.08. The first-order chi connectivity index (χ1) is 12.1. The van der Waals surface area contributed by atoms with Crippen molar-refractivity contribution in [2.75, 3.05) is 0 Å². The van der Waals surface area contributed by atoms with Crippen LogP contribution in [0.1, 0.15) is 41.9 Å². The number of aliphatic hydroxyl groups is 1. The average molecular weight is 337 g/mol. The van der Waals surface area contributed by atoms with Gasteiger partial charge in [-0.1, -0.05) is 42.5 Å². The molecule has 0 radical (unpaired) electrons. The van der Waals surface area contributed by atoms with Crippen LogP contribution < -0.4 is 5.73 Å². The van der Waals surface area contributed by atoms with Gasteiger partial charge in [-0.2, -0.15) is 0 Å². The van der Waals surface area contributed by atoms with Gasteiger partial charge in [0.25, 0.3) is 5.91 Å². The number of hydrogen-bond acceptors (Lipinski definition) is 3. The molecule has 0 spiro atoms. The Bertz CT molecular complexity index is 865.